The van der Waals surface area contributed by atoms with Gasteiger partial charge >= 0.3 is 6.18 Å². The summed E-state index contributed by atoms with van der Waals surface area (Å²) in [5, 5.41) is 2.79. The molecule has 1 aromatic rings. The Balaban J connectivity index is 3.04. The van der Waals surface area contributed by atoms with Crippen LogP contribution in [0, 0.1) is 0 Å². The van der Waals surface area contributed by atoms with Crippen molar-refractivity contribution in [3.05, 3.63) is 30.6 Å². The van der Waals surface area contributed by atoms with Crippen LogP contribution in [-0.4, -0.2) is 11.0 Å². The second-order valence-electron chi connectivity index (χ2n) is 3.32. The fraction of sp³-hybridized carbons (Fsp3) is 0.300. The molecule has 0 fully saturated rings. The third kappa shape index (κ3) is 2.88. The molecule has 1 atom stereocenters. The lowest BCUT2D eigenvalue weighted by atomic mass is 10.2. The highest BCUT2D eigenvalue weighted by atomic mass is 19.4. The standard InChI is InChI=1S/C10H12F3N3/c1-3-6(2)16-8-4-9(10(11,12)13)15-5-7(8)14/h3-6H,1,14H2,2H3,(H,15,16). The topological polar surface area (TPSA) is 50.9 Å². The Morgan fingerprint density at radius 1 is 1.56 bits per heavy atom. The number of halogens is 3. The van der Waals surface area contributed by atoms with Gasteiger partial charge in [0, 0.05) is 6.04 Å². The molecular weight excluding hydrogens is 219 g/mol. The van der Waals surface area contributed by atoms with Gasteiger partial charge in [-0.15, -0.1) is 6.58 Å². The van der Waals surface area contributed by atoms with Crippen molar-refractivity contribution in [2.24, 2.45) is 0 Å². The zero-order valence-corrected chi connectivity index (χ0v) is 8.67. The summed E-state index contributed by atoms with van der Waals surface area (Å²) in [5.74, 6) is 0. The first kappa shape index (κ1) is 12.4. The van der Waals surface area contributed by atoms with Gasteiger partial charge in [-0.05, 0) is 13.0 Å². The number of nitrogens with zero attached hydrogens (tertiary/aromatic N) is 1. The summed E-state index contributed by atoms with van der Waals surface area (Å²) >= 11 is 0. The summed E-state index contributed by atoms with van der Waals surface area (Å²) in [6.45, 7) is 5.27. The maximum Gasteiger partial charge on any atom is 0.433 e. The number of nitrogens with one attached hydrogen (secondary N) is 1. The maximum atomic E-state index is 12.4. The monoisotopic (exact) mass is 231 g/mol. The summed E-state index contributed by atoms with van der Waals surface area (Å²) in [4.78, 5) is 3.23. The fourth-order valence-electron chi connectivity index (χ4n) is 1.05. The summed E-state index contributed by atoms with van der Waals surface area (Å²) in [6.07, 6.45) is -1.92. The Labute approximate surface area is 91.2 Å². The average molecular weight is 231 g/mol. The molecule has 0 amide bonds. The van der Waals surface area contributed by atoms with Crippen molar-refractivity contribution in [3.8, 4) is 0 Å². The number of anilines is 2. The number of nitrogen functional groups attached to an aromatic ring is 1. The summed E-state index contributed by atoms with van der Waals surface area (Å²) in [6, 6.07) is 0.709. The van der Waals surface area contributed by atoms with Crippen LogP contribution in [-0.2, 0) is 6.18 Å². The number of pyridine rings is 1. The van der Waals surface area contributed by atoms with E-state index in [2.05, 4.69) is 16.9 Å². The normalized spacial score (nSPS) is 13.2. The molecule has 1 heterocycles. The molecule has 0 bridgehead atoms. The van der Waals surface area contributed by atoms with E-state index in [9.17, 15) is 13.2 Å². The first-order chi connectivity index (χ1) is 7.34. The van der Waals surface area contributed by atoms with Gasteiger partial charge in [0.1, 0.15) is 5.69 Å². The molecule has 16 heavy (non-hydrogen) atoms. The maximum absolute atomic E-state index is 12.4. The molecule has 6 heteroatoms. The first-order valence-corrected chi connectivity index (χ1v) is 4.56. The van der Waals surface area contributed by atoms with Gasteiger partial charge in [0.25, 0.3) is 0 Å². The SMILES string of the molecule is C=CC(C)Nc1cc(C(F)(F)F)ncc1N. The Hall–Kier alpha value is -1.72. The molecule has 0 radical (unpaired) electrons. The molecule has 0 aromatic carbocycles. The molecule has 0 aliphatic rings. The van der Waals surface area contributed by atoms with Gasteiger partial charge in [-0.25, -0.2) is 4.98 Å². The molecule has 0 aliphatic heterocycles. The minimum absolute atomic E-state index is 0.168. The van der Waals surface area contributed by atoms with Gasteiger partial charge in [0.2, 0.25) is 0 Å². The highest BCUT2D eigenvalue weighted by molar-refractivity contribution is 5.66. The van der Waals surface area contributed by atoms with E-state index in [1.165, 1.54) is 0 Å². The number of aromatic nitrogens is 1. The van der Waals surface area contributed by atoms with Crippen molar-refractivity contribution in [2.45, 2.75) is 19.1 Å². The molecule has 1 aromatic heterocycles. The largest absolute Gasteiger partial charge is 0.433 e. The van der Waals surface area contributed by atoms with E-state index < -0.39 is 11.9 Å². The predicted octanol–water partition coefficient (Wildman–Crippen LogP) is 2.67. The second kappa shape index (κ2) is 4.42. The van der Waals surface area contributed by atoms with E-state index >= 15 is 0 Å². The van der Waals surface area contributed by atoms with Gasteiger partial charge in [0.15, 0.2) is 0 Å². The highest BCUT2D eigenvalue weighted by Gasteiger charge is 2.32. The van der Waals surface area contributed by atoms with Crippen molar-refractivity contribution >= 4 is 11.4 Å². The van der Waals surface area contributed by atoms with Crippen LogP contribution in [0.3, 0.4) is 0 Å². The summed E-state index contributed by atoms with van der Waals surface area (Å²) in [5.41, 5.74) is 4.91. The van der Waals surface area contributed by atoms with Crippen LogP contribution in [0.25, 0.3) is 0 Å². The Kier molecular flexibility index (Phi) is 3.41. The van der Waals surface area contributed by atoms with Crippen molar-refractivity contribution in [3.63, 3.8) is 0 Å². The van der Waals surface area contributed by atoms with Crippen LogP contribution in [0.4, 0.5) is 24.5 Å². The first-order valence-electron chi connectivity index (χ1n) is 4.56. The van der Waals surface area contributed by atoms with Crippen molar-refractivity contribution < 1.29 is 13.2 Å². The lowest BCUT2D eigenvalue weighted by molar-refractivity contribution is -0.141. The third-order valence-corrected chi connectivity index (χ3v) is 1.96. The van der Waals surface area contributed by atoms with Gasteiger partial charge in [-0.2, -0.15) is 13.2 Å². The molecular formula is C10H12F3N3. The number of alkyl halides is 3. The van der Waals surface area contributed by atoms with Crippen molar-refractivity contribution in [2.75, 3.05) is 11.1 Å². The van der Waals surface area contributed by atoms with Crippen LogP contribution in [0.1, 0.15) is 12.6 Å². The Bertz CT molecular complexity index is 387. The molecule has 88 valence electrons. The van der Waals surface area contributed by atoms with Gasteiger partial charge < -0.3 is 11.1 Å². The van der Waals surface area contributed by atoms with Crippen LogP contribution in [0.5, 0.6) is 0 Å². The Morgan fingerprint density at radius 2 is 2.19 bits per heavy atom. The van der Waals surface area contributed by atoms with Crippen molar-refractivity contribution in [1.82, 2.24) is 4.98 Å². The zero-order valence-electron chi connectivity index (χ0n) is 8.67. The van der Waals surface area contributed by atoms with E-state index in [1.807, 2.05) is 0 Å². The van der Waals surface area contributed by atoms with Crippen LogP contribution >= 0.6 is 0 Å². The van der Waals surface area contributed by atoms with Crippen LogP contribution in [0.15, 0.2) is 24.9 Å². The number of nitrogens with two attached hydrogens (primary N) is 1. The minimum atomic E-state index is -4.47. The number of hydrogen-bond acceptors (Lipinski definition) is 3. The molecule has 0 saturated heterocycles. The van der Waals surface area contributed by atoms with Crippen LogP contribution < -0.4 is 11.1 Å². The van der Waals surface area contributed by atoms with Crippen molar-refractivity contribution in [1.29, 1.82) is 0 Å². The van der Waals surface area contributed by atoms with E-state index in [4.69, 9.17) is 5.73 Å². The van der Waals surface area contributed by atoms with E-state index in [0.717, 1.165) is 12.3 Å². The summed E-state index contributed by atoms with van der Waals surface area (Å²) < 4.78 is 37.1. The number of hydrogen-bond donors (Lipinski definition) is 2. The smallest absolute Gasteiger partial charge is 0.396 e. The molecule has 1 rings (SSSR count). The third-order valence-electron chi connectivity index (χ3n) is 1.96. The quantitative estimate of drug-likeness (QED) is 0.786. The molecule has 0 aliphatic carbocycles. The average Bonchev–Trinajstić information content (AvgIpc) is 2.19. The summed E-state index contributed by atoms with van der Waals surface area (Å²) in [7, 11) is 0. The Morgan fingerprint density at radius 3 is 2.69 bits per heavy atom. The van der Waals surface area contributed by atoms with E-state index in [0.29, 0.717) is 0 Å². The molecule has 3 N–H and O–H groups in total. The fourth-order valence-corrected chi connectivity index (χ4v) is 1.05. The van der Waals surface area contributed by atoms with E-state index in [1.54, 1.807) is 13.0 Å². The minimum Gasteiger partial charge on any atom is -0.396 e. The second-order valence-corrected chi connectivity index (χ2v) is 3.32. The van der Waals surface area contributed by atoms with Crippen LogP contribution in [0.2, 0.25) is 0 Å². The molecule has 0 saturated carbocycles. The molecule has 3 nitrogen and oxygen atoms in total. The van der Waals surface area contributed by atoms with E-state index in [-0.39, 0.29) is 17.4 Å². The van der Waals surface area contributed by atoms with Gasteiger partial charge in [-0.1, -0.05) is 6.08 Å². The van der Waals surface area contributed by atoms with Gasteiger partial charge in [-0.3, -0.25) is 0 Å². The predicted molar refractivity (Wildman–Crippen MR) is 56.9 cm³/mol. The lowest BCUT2D eigenvalue weighted by Gasteiger charge is -2.14. The highest BCUT2D eigenvalue weighted by Crippen LogP contribution is 2.31. The zero-order chi connectivity index (χ0) is 12.3. The molecule has 0 spiro atoms. The van der Waals surface area contributed by atoms with Gasteiger partial charge in [0.05, 0.1) is 17.6 Å². The lowest BCUT2D eigenvalue weighted by Crippen LogP contribution is -2.15. The number of rotatable bonds is 3. The molecule has 1 unspecified atom stereocenters.